The van der Waals surface area contributed by atoms with E-state index < -0.39 is 5.92 Å². The van der Waals surface area contributed by atoms with Gasteiger partial charge in [-0.1, -0.05) is 24.2 Å². The molecule has 2 amide bonds. The van der Waals surface area contributed by atoms with Gasteiger partial charge in [-0.3, -0.25) is 24.6 Å². The molecule has 0 spiro atoms. The van der Waals surface area contributed by atoms with Crippen molar-refractivity contribution >= 4 is 34.1 Å². The third kappa shape index (κ3) is 4.54. The first-order valence-electron chi connectivity index (χ1n) is 11.9. The SMILES string of the molecule is Cc1occc1C(=O)Nc1nc2c(s1)C(=O)C[C@@H](C(=O)NCC1(N3CCOCC3)CCCC1)C2. The number of nitrogens with one attached hydrogen (secondary N) is 2. The molecule has 3 heterocycles. The number of anilines is 1. The molecule has 2 fully saturated rings. The molecule has 2 aliphatic carbocycles. The van der Waals surface area contributed by atoms with Gasteiger partial charge in [-0.05, 0) is 25.8 Å². The maximum atomic E-state index is 13.1. The average molecular weight is 487 g/mol. The van der Waals surface area contributed by atoms with E-state index in [2.05, 4.69) is 20.5 Å². The molecular weight excluding hydrogens is 456 g/mol. The number of hydrogen-bond donors (Lipinski definition) is 2. The maximum Gasteiger partial charge on any atom is 0.260 e. The van der Waals surface area contributed by atoms with Crippen molar-refractivity contribution in [2.24, 2.45) is 5.92 Å². The van der Waals surface area contributed by atoms with Crippen LogP contribution in [-0.4, -0.2) is 65.9 Å². The number of carbonyl (C=O) groups excluding carboxylic acids is 3. The summed E-state index contributed by atoms with van der Waals surface area (Å²) in [5.74, 6) is -0.438. The number of ether oxygens (including phenoxy) is 1. The molecule has 10 heteroatoms. The van der Waals surface area contributed by atoms with Gasteiger partial charge in [0.25, 0.3) is 5.91 Å². The molecule has 0 unspecified atom stereocenters. The summed E-state index contributed by atoms with van der Waals surface area (Å²) in [6.07, 6.45) is 6.51. The second-order valence-corrected chi connectivity index (χ2v) is 10.4. The average Bonchev–Trinajstić information content (AvgIpc) is 3.58. The Morgan fingerprint density at radius 2 is 2.00 bits per heavy atom. The number of thiazole rings is 1. The van der Waals surface area contributed by atoms with E-state index >= 15 is 0 Å². The molecule has 0 aromatic carbocycles. The van der Waals surface area contributed by atoms with E-state index in [0.29, 0.717) is 40.0 Å². The van der Waals surface area contributed by atoms with Crippen LogP contribution >= 0.6 is 11.3 Å². The number of aryl methyl sites for hydroxylation is 1. The Bertz CT molecular complexity index is 1080. The van der Waals surface area contributed by atoms with Crippen molar-refractivity contribution in [1.82, 2.24) is 15.2 Å². The van der Waals surface area contributed by atoms with Crippen molar-refractivity contribution < 1.29 is 23.5 Å². The van der Waals surface area contributed by atoms with E-state index in [1.165, 1.54) is 30.4 Å². The topological polar surface area (TPSA) is 114 Å². The molecular formula is C24H30N4O5S. The van der Waals surface area contributed by atoms with Crippen LogP contribution in [0.1, 0.15) is 63.6 Å². The number of Topliss-reactive ketones (excluding diaryl/α,β-unsaturated/α-hetero) is 1. The highest BCUT2D eigenvalue weighted by Gasteiger charge is 2.41. The summed E-state index contributed by atoms with van der Waals surface area (Å²) in [4.78, 5) is 45.8. The fraction of sp³-hybridized carbons (Fsp3) is 0.583. The Balaban J connectivity index is 1.23. The monoisotopic (exact) mass is 486 g/mol. The number of rotatable bonds is 6. The largest absolute Gasteiger partial charge is 0.469 e. The fourth-order valence-electron chi connectivity index (χ4n) is 5.43. The van der Waals surface area contributed by atoms with Gasteiger partial charge in [0, 0.05) is 38.0 Å². The van der Waals surface area contributed by atoms with Crippen LogP contribution in [0.4, 0.5) is 5.13 Å². The van der Waals surface area contributed by atoms with Crippen molar-refractivity contribution in [2.45, 2.75) is 51.0 Å². The first kappa shape index (κ1) is 23.2. The van der Waals surface area contributed by atoms with Crippen molar-refractivity contribution in [3.05, 3.63) is 34.2 Å². The number of carbonyl (C=O) groups is 3. The Hall–Kier alpha value is -2.56. The van der Waals surface area contributed by atoms with Gasteiger partial charge in [0.05, 0.1) is 41.5 Å². The van der Waals surface area contributed by atoms with Crippen molar-refractivity contribution in [3.8, 4) is 0 Å². The normalized spacial score (nSPS) is 22.4. The van der Waals surface area contributed by atoms with Gasteiger partial charge in [0.1, 0.15) is 5.76 Å². The molecule has 2 aromatic heterocycles. The van der Waals surface area contributed by atoms with Crippen molar-refractivity contribution in [1.29, 1.82) is 0 Å². The molecule has 3 aliphatic rings. The smallest absolute Gasteiger partial charge is 0.260 e. The number of ketones is 1. The van der Waals surface area contributed by atoms with E-state index in [1.54, 1.807) is 13.0 Å². The molecule has 9 nitrogen and oxygen atoms in total. The fourth-order valence-corrected chi connectivity index (χ4v) is 6.36. The van der Waals surface area contributed by atoms with Gasteiger partial charge in [-0.25, -0.2) is 4.98 Å². The predicted octanol–water partition coefficient (Wildman–Crippen LogP) is 2.80. The lowest BCUT2D eigenvalue weighted by atomic mass is 9.88. The van der Waals surface area contributed by atoms with Gasteiger partial charge >= 0.3 is 0 Å². The van der Waals surface area contributed by atoms with Gasteiger partial charge in [-0.15, -0.1) is 0 Å². The van der Waals surface area contributed by atoms with Crippen LogP contribution in [0.3, 0.4) is 0 Å². The van der Waals surface area contributed by atoms with Crippen LogP contribution in [0, 0.1) is 12.8 Å². The molecule has 1 atom stereocenters. The minimum Gasteiger partial charge on any atom is -0.469 e. The molecule has 2 N–H and O–H groups in total. The minimum atomic E-state index is -0.440. The first-order chi connectivity index (χ1) is 16.4. The summed E-state index contributed by atoms with van der Waals surface area (Å²) in [5.41, 5.74) is 1.01. The van der Waals surface area contributed by atoms with E-state index in [0.717, 1.165) is 39.1 Å². The van der Waals surface area contributed by atoms with E-state index in [4.69, 9.17) is 9.15 Å². The molecule has 1 saturated heterocycles. The maximum absolute atomic E-state index is 13.1. The van der Waals surface area contributed by atoms with E-state index in [1.807, 2.05) is 0 Å². The van der Waals surface area contributed by atoms with Gasteiger partial charge < -0.3 is 14.5 Å². The van der Waals surface area contributed by atoms with Crippen LogP contribution in [0.2, 0.25) is 0 Å². The third-order valence-corrected chi connectivity index (χ3v) is 8.38. The Morgan fingerprint density at radius 1 is 1.24 bits per heavy atom. The van der Waals surface area contributed by atoms with E-state index in [-0.39, 0.29) is 29.6 Å². The third-order valence-electron chi connectivity index (χ3n) is 7.32. The van der Waals surface area contributed by atoms with E-state index in [9.17, 15) is 14.4 Å². The summed E-state index contributed by atoms with van der Waals surface area (Å²) in [7, 11) is 0. The second kappa shape index (κ2) is 9.59. The number of nitrogens with zero attached hydrogens (tertiary/aromatic N) is 2. The Labute approximate surface area is 202 Å². The molecule has 34 heavy (non-hydrogen) atoms. The van der Waals surface area contributed by atoms with Crippen LogP contribution in [0.15, 0.2) is 16.7 Å². The predicted molar refractivity (Wildman–Crippen MR) is 126 cm³/mol. The molecule has 1 aliphatic heterocycles. The van der Waals surface area contributed by atoms with Crippen molar-refractivity contribution in [3.63, 3.8) is 0 Å². The minimum absolute atomic E-state index is 0.00737. The number of amides is 2. The lowest BCUT2D eigenvalue weighted by molar-refractivity contribution is -0.126. The summed E-state index contributed by atoms with van der Waals surface area (Å²) in [6, 6.07) is 1.59. The molecule has 1 saturated carbocycles. The zero-order valence-corrected chi connectivity index (χ0v) is 20.2. The summed E-state index contributed by atoms with van der Waals surface area (Å²) < 4.78 is 10.7. The second-order valence-electron chi connectivity index (χ2n) is 9.42. The zero-order chi connectivity index (χ0) is 23.7. The quantitative estimate of drug-likeness (QED) is 0.645. The highest BCUT2D eigenvalue weighted by atomic mass is 32.1. The zero-order valence-electron chi connectivity index (χ0n) is 19.4. The van der Waals surface area contributed by atoms with Crippen molar-refractivity contribution in [2.75, 3.05) is 38.2 Å². The highest BCUT2D eigenvalue weighted by Crippen LogP contribution is 2.36. The van der Waals surface area contributed by atoms with Crippen LogP contribution in [0.25, 0.3) is 0 Å². The first-order valence-corrected chi connectivity index (χ1v) is 12.8. The molecule has 5 rings (SSSR count). The van der Waals surface area contributed by atoms with Crippen LogP contribution in [0.5, 0.6) is 0 Å². The summed E-state index contributed by atoms with van der Waals surface area (Å²) >= 11 is 1.17. The lowest BCUT2D eigenvalue weighted by Crippen LogP contribution is -2.58. The number of morpholine rings is 1. The van der Waals surface area contributed by atoms with Gasteiger partial charge in [-0.2, -0.15) is 0 Å². The lowest BCUT2D eigenvalue weighted by Gasteiger charge is -2.43. The standard InChI is InChI=1S/C24H30N4O5S/c1-15-17(4-9-33-15)22(31)27-23-26-18-12-16(13-19(29)20(18)34-23)21(30)25-14-24(5-2-3-6-24)28-7-10-32-11-8-28/h4,9,16H,2-3,5-8,10-14H2,1H3,(H,25,30)(H,26,27,31)/t16-/m0/s1. The number of furan rings is 1. The molecule has 182 valence electrons. The highest BCUT2D eigenvalue weighted by molar-refractivity contribution is 7.17. The number of aromatic nitrogens is 1. The molecule has 0 bridgehead atoms. The number of fused-ring (bicyclic) bond motifs is 1. The Morgan fingerprint density at radius 3 is 2.71 bits per heavy atom. The summed E-state index contributed by atoms with van der Waals surface area (Å²) in [6.45, 7) is 5.58. The summed E-state index contributed by atoms with van der Waals surface area (Å²) in [5, 5.41) is 6.28. The van der Waals surface area contributed by atoms with Gasteiger partial charge in [0.2, 0.25) is 5.91 Å². The van der Waals surface area contributed by atoms with Gasteiger partial charge in [0.15, 0.2) is 10.9 Å². The van der Waals surface area contributed by atoms with Crippen LogP contribution < -0.4 is 10.6 Å². The molecule has 0 radical (unpaired) electrons. The number of hydrogen-bond acceptors (Lipinski definition) is 8. The molecule has 2 aromatic rings. The van der Waals surface area contributed by atoms with Crippen LogP contribution in [-0.2, 0) is 16.0 Å². The Kier molecular flexibility index (Phi) is 6.54.